The molecular formula is C18H25N3O3. The molecule has 130 valence electrons. The third-order valence-corrected chi connectivity index (χ3v) is 4.32. The van der Waals surface area contributed by atoms with E-state index in [0.29, 0.717) is 13.1 Å². The highest BCUT2D eigenvalue weighted by atomic mass is 16.6. The van der Waals surface area contributed by atoms with Gasteiger partial charge in [0.05, 0.1) is 12.6 Å². The molecule has 0 radical (unpaired) electrons. The van der Waals surface area contributed by atoms with Gasteiger partial charge in [-0.3, -0.25) is 9.69 Å². The molecule has 24 heavy (non-hydrogen) atoms. The van der Waals surface area contributed by atoms with Crippen LogP contribution in [0, 0.1) is 0 Å². The zero-order valence-electron chi connectivity index (χ0n) is 14.8. The molecule has 2 aliphatic heterocycles. The SMILES string of the molecule is CC(=O)N1CC(Nc2cccc3c2CN(C(=O)OC(C)(C)C)C3)C1. The standard InChI is InChI=1S/C18H25N3O3/c1-12(22)20-9-14(10-20)19-16-7-5-6-13-8-21(11-15(13)16)17(23)24-18(2,3)4/h5-7,14,19H,8-11H2,1-4H3. The Morgan fingerprint density at radius 1 is 1.17 bits per heavy atom. The number of carbonyl (C=O) groups excluding carboxylic acids is 2. The molecule has 0 aliphatic carbocycles. The largest absolute Gasteiger partial charge is 0.444 e. The number of nitrogens with zero attached hydrogens (tertiary/aromatic N) is 2. The van der Waals surface area contributed by atoms with E-state index in [1.165, 1.54) is 0 Å². The lowest BCUT2D eigenvalue weighted by atomic mass is 10.0. The molecule has 6 heteroatoms. The van der Waals surface area contributed by atoms with Crippen LogP contribution in [0.15, 0.2) is 18.2 Å². The molecule has 1 saturated heterocycles. The quantitative estimate of drug-likeness (QED) is 0.905. The zero-order valence-corrected chi connectivity index (χ0v) is 14.8. The van der Waals surface area contributed by atoms with Gasteiger partial charge >= 0.3 is 6.09 Å². The first kappa shape index (κ1) is 16.6. The van der Waals surface area contributed by atoms with Crippen molar-refractivity contribution in [3.8, 4) is 0 Å². The number of amides is 2. The van der Waals surface area contributed by atoms with E-state index in [9.17, 15) is 9.59 Å². The van der Waals surface area contributed by atoms with Crippen molar-refractivity contribution in [2.45, 2.75) is 52.4 Å². The van der Waals surface area contributed by atoms with Gasteiger partial charge in [-0.05, 0) is 38.0 Å². The molecule has 0 atom stereocenters. The van der Waals surface area contributed by atoms with Gasteiger partial charge in [0, 0.05) is 32.2 Å². The van der Waals surface area contributed by atoms with Crippen LogP contribution in [0.3, 0.4) is 0 Å². The van der Waals surface area contributed by atoms with Gasteiger partial charge in [0.25, 0.3) is 0 Å². The summed E-state index contributed by atoms with van der Waals surface area (Å²) in [4.78, 5) is 27.1. The second kappa shape index (κ2) is 6.00. The molecular weight excluding hydrogens is 306 g/mol. The lowest BCUT2D eigenvalue weighted by Crippen LogP contribution is -2.56. The van der Waals surface area contributed by atoms with Crippen molar-refractivity contribution in [3.05, 3.63) is 29.3 Å². The monoisotopic (exact) mass is 331 g/mol. The molecule has 0 spiro atoms. The lowest BCUT2D eigenvalue weighted by Gasteiger charge is -2.39. The highest BCUT2D eigenvalue weighted by molar-refractivity contribution is 5.75. The van der Waals surface area contributed by atoms with Crippen molar-refractivity contribution in [2.75, 3.05) is 18.4 Å². The van der Waals surface area contributed by atoms with Gasteiger partial charge < -0.3 is 15.0 Å². The fourth-order valence-corrected chi connectivity index (χ4v) is 3.06. The molecule has 2 heterocycles. The molecule has 2 amide bonds. The first-order valence-corrected chi connectivity index (χ1v) is 8.33. The molecule has 0 bridgehead atoms. The molecule has 1 fully saturated rings. The number of hydrogen-bond acceptors (Lipinski definition) is 4. The van der Waals surface area contributed by atoms with Gasteiger partial charge in [0.2, 0.25) is 5.91 Å². The third-order valence-electron chi connectivity index (χ3n) is 4.32. The Balaban J connectivity index is 1.65. The maximum Gasteiger partial charge on any atom is 0.410 e. The van der Waals surface area contributed by atoms with E-state index in [1.807, 2.05) is 43.9 Å². The number of fused-ring (bicyclic) bond motifs is 1. The van der Waals surface area contributed by atoms with E-state index in [2.05, 4.69) is 5.32 Å². The number of benzene rings is 1. The van der Waals surface area contributed by atoms with Crippen molar-refractivity contribution >= 4 is 17.7 Å². The van der Waals surface area contributed by atoms with Crippen molar-refractivity contribution in [1.82, 2.24) is 9.80 Å². The second-order valence-corrected chi connectivity index (χ2v) is 7.54. The number of likely N-dealkylation sites (tertiary alicyclic amines) is 1. The average molecular weight is 331 g/mol. The van der Waals surface area contributed by atoms with Gasteiger partial charge in [-0.25, -0.2) is 4.79 Å². The van der Waals surface area contributed by atoms with Crippen molar-refractivity contribution in [2.24, 2.45) is 0 Å². The van der Waals surface area contributed by atoms with Crippen molar-refractivity contribution < 1.29 is 14.3 Å². The fourth-order valence-electron chi connectivity index (χ4n) is 3.06. The minimum absolute atomic E-state index is 0.113. The summed E-state index contributed by atoms with van der Waals surface area (Å²) in [6.07, 6.45) is -0.281. The Labute approximate surface area is 142 Å². The van der Waals surface area contributed by atoms with Crippen LogP contribution in [0.4, 0.5) is 10.5 Å². The second-order valence-electron chi connectivity index (χ2n) is 7.54. The minimum Gasteiger partial charge on any atom is -0.444 e. The van der Waals surface area contributed by atoms with Crippen LogP contribution in [0.5, 0.6) is 0 Å². The van der Waals surface area contributed by atoms with Crippen LogP contribution in [-0.4, -0.2) is 46.5 Å². The highest BCUT2D eigenvalue weighted by Crippen LogP contribution is 2.31. The topological polar surface area (TPSA) is 61.9 Å². The molecule has 6 nitrogen and oxygen atoms in total. The Kier molecular flexibility index (Phi) is 4.15. The van der Waals surface area contributed by atoms with E-state index in [0.717, 1.165) is 29.9 Å². The summed E-state index contributed by atoms with van der Waals surface area (Å²) in [6, 6.07) is 6.36. The number of ether oxygens (including phenoxy) is 1. The van der Waals surface area contributed by atoms with E-state index >= 15 is 0 Å². The summed E-state index contributed by atoms with van der Waals surface area (Å²) in [5.74, 6) is 0.113. The molecule has 1 N–H and O–H groups in total. The van der Waals surface area contributed by atoms with E-state index in [-0.39, 0.29) is 18.0 Å². The predicted molar refractivity (Wildman–Crippen MR) is 91.6 cm³/mol. The summed E-state index contributed by atoms with van der Waals surface area (Å²) >= 11 is 0. The van der Waals surface area contributed by atoms with Crippen LogP contribution in [0.25, 0.3) is 0 Å². The van der Waals surface area contributed by atoms with Gasteiger partial charge in [-0.2, -0.15) is 0 Å². The highest BCUT2D eigenvalue weighted by Gasteiger charge is 2.32. The first-order valence-electron chi connectivity index (χ1n) is 8.33. The molecule has 1 aromatic carbocycles. The smallest absolute Gasteiger partial charge is 0.410 e. The molecule has 3 rings (SSSR count). The number of carbonyl (C=O) groups is 2. The fraction of sp³-hybridized carbons (Fsp3) is 0.556. The van der Waals surface area contributed by atoms with Crippen LogP contribution in [-0.2, 0) is 22.6 Å². The molecule has 0 saturated carbocycles. The molecule has 1 aromatic rings. The van der Waals surface area contributed by atoms with E-state index in [1.54, 1.807) is 11.8 Å². The lowest BCUT2D eigenvalue weighted by molar-refractivity contribution is -0.132. The number of rotatable bonds is 2. The van der Waals surface area contributed by atoms with Gasteiger partial charge in [0.1, 0.15) is 5.60 Å². The zero-order chi connectivity index (χ0) is 17.5. The predicted octanol–water partition coefficient (Wildman–Crippen LogP) is 2.58. The Morgan fingerprint density at radius 2 is 1.88 bits per heavy atom. The van der Waals surface area contributed by atoms with Crippen LogP contribution >= 0.6 is 0 Å². The van der Waals surface area contributed by atoms with Gasteiger partial charge in [-0.15, -0.1) is 0 Å². The Morgan fingerprint density at radius 3 is 2.50 bits per heavy atom. The van der Waals surface area contributed by atoms with Crippen LogP contribution in [0.2, 0.25) is 0 Å². The number of hydrogen-bond donors (Lipinski definition) is 1. The summed E-state index contributed by atoms with van der Waals surface area (Å²) in [6.45, 7) is 9.80. The van der Waals surface area contributed by atoms with Gasteiger partial charge in [0.15, 0.2) is 0 Å². The maximum atomic E-state index is 12.3. The van der Waals surface area contributed by atoms with Crippen molar-refractivity contribution in [3.63, 3.8) is 0 Å². The number of nitrogens with one attached hydrogen (secondary N) is 1. The minimum atomic E-state index is -0.491. The molecule has 0 aromatic heterocycles. The maximum absolute atomic E-state index is 12.3. The normalized spacial score (nSPS) is 17.3. The van der Waals surface area contributed by atoms with Crippen LogP contribution in [0.1, 0.15) is 38.8 Å². The van der Waals surface area contributed by atoms with Gasteiger partial charge in [-0.1, -0.05) is 12.1 Å². The molecule has 0 unspecified atom stereocenters. The Bertz CT molecular complexity index is 660. The summed E-state index contributed by atoms with van der Waals surface area (Å²) in [7, 11) is 0. The Hall–Kier alpha value is -2.24. The number of anilines is 1. The summed E-state index contributed by atoms with van der Waals surface area (Å²) in [5, 5.41) is 3.50. The first-order chi connectivity index (χ1) is 11.2. The average Bonchev–Trinajstić information content (AvgIpc) is 2.84. The van der Waals surface area contributed by atoms with E-state index in [4.69, 9.17) is 4.74 Å². The molecule has 2 aliphatic rings. The van der Waals surface area contributed by atoms with E-state index < -0.39 is 5.60 Å². The third kappa shape index (κ3) is 3.47. The van der Waals surface area contributed by atoms with Crippen molar-refractivity contribution in [1.29, 1.82) is 0 Å². The summed E-state index contributed by atoms with van der Waals surface area (Å²) in [5.41, 5.74) is 2.85. The summed E-state index contributed by atoms with van der Waals surface area (Å²) < 4.78 is 5.47. The van der Waals surface area contributed by atoms with Crippen LogP contribution < -0.4 is 5.32 Å².